The van der Waals surface area contributed by atoms with Gasteiger partial charge in [-0.25, -0.2) is 13.5 Å². The minimum atomic E-state index is -0.833. The SMILES string of the molecule is Cc1ccn(-c2ccc(-c3ccc(F)c(F)c3)cc2C(C)C)n1. The Kier molecular flexibility index (Phi) is 3.99. The smallest absolute Gasteiger partial charge is 0.159 e. The van der Waals surface area contributed by atoms with Crippen molar-refractivity contribution in [1.29, 1.82) is 0 Å². The van der Waals surface area contributed by atoms with E-state index < -0.39 is 11.6 Å². The Morgan fingerprint density at radius 1 is 0.913 bits per heavy atom. The Hall–Kier alpha value is -2.49. The first kappa shape index (κ1) is 15.4. The maximum Gasteiger partial charge on any atom is 0.159 e. The summed E-state index contributed by atoms with van der Waals surface area (Å²) in [6.45, 7) is 6.15. The summed E-state index contributed by atoms with van der Waals surface area (Å²) in [5.74, 6) is -1.39. The molecule has 0 saturated carbocycles. The van der Waals surface area contributed by atoms with Gasteiger partial charge in [-0.1, -0.05) is 26.0 Å². The molecule has 2 nitrogen and oxygen atoms in total. The first-order chi connectivity index (χ1) is 11.0. The van der Waals surface area contributed by atoms with E-state index in [9.17, 15) is 8.78 Å². The Morgan fingerprint density at radius 2 is 1.61 bits per heavy atom. The van der Waals surface area contributed by atoms with Crippen LogP contribution in [0.5, 0.6) is 0 Å². The summed E-state index contributed by atoms with van der Waals surface area (Å²) in [5.41, 5.74) is 4.58. The molecule has 2 aromatic carbocycles. The first-order valence-corrected chi connectivity index (χ1v) is 7.57. The van der Waals surface area contributed by atoms with Gasteiger partial charge in [0.25, 0.3) is 0 Å². The lowest BCUT2D eigenvalue weighted by molar-refractivity contribution is 0.509. The molecule has 0 fully saturated rings. The second-order valence-corrected chi connectivity index (χ2v) is 5.96. The van der Waals surface area contributed by atoms with Crippen LogP contribution in [0.25, 0.3) is 16.8 Å². The third-order valence-corrected chi connectivity index (χ3v) is 3.87. The lowest BCUT2D eigenvalue weighted by Gasteiger charge is -2.15. The van der Waals surface area contributed by atoms with Gasteiger partial charge < -0.3 is 0 Å². The first-order valence-electron chi connectivity index (χ1n) is 7.57. The molecule has 0 aliphatic carbocycles. The molecule has 0 bridgehead atoms. The molecule has 0 radical (unpaired) electrons. The van der Waals surface area contributed by atoms with Gasteiger partial charge >= 0.3 is 0 Å². The summed E-state index contributed by atoms with van der Waals surface area (Å²) in [4.78, 5) is 0. The summed E-state index contributed by atoms with van der Waals surface area (Å²) in [6.07, 6.45) is 1.92. The van der Waals surface area contributed by atoms with Gasteiger partial charge in [0.05, 0.1) is 11.4 Å². The lowest BCUT2D eigenvalue weighted by Crippen LogP contribution is -2.02. The van der Waals surface area contributed by atoms with Gasteiger partial charge in [0, 0.05) is 6.20 Å². The van der Waals surface area contributed by atoms with Crippen molar-refractivity contribution in [1.82, 2.24) is 9.78 Å². The Bertz CT molecular complexity index is 850. The van der Waals surface area contributed by atoms with Crippen molar-refractivity contribution < 1.29 is 8.78 Å². The highest BCUT2D eigenvalue weighted by atomic mass is 19.2. The number of nitrogens with zero attached hydrogens (tertiary/aromatic N) is 2. The predicted octanol–water partition coefficient (Wildman–Crippen LogP) is 5.25. The molecule has 23 heavy (non-hydrogen) atoms. The van der Waals surface area contributed by atoms with E-state index in [0.717, 1.165) is 28.6 Å². The minimum absolute atomic E-state index is 0.278. The molecule has 0 atom stereocenters. The number of benzene rings is 2. The Balaban J connectivity index is 2.11. The maximum absolute atomic E-state index is 13.5. The highest BCUT2D eigenvalue weighted by Gasteiger charge is 2.12. The number of halogens is 2. The highest BCUT2D eigenvalue weighted by Crippen LogP contribution is 2.29. The summed E-state index contributed by atoms with van der Waals surface area (Å²) in [5, 5.41) is 4.46. The fourth-order valence-electron chi connectivity index (χ4n) is 2.63. The average molecular weight is 312 g/mol. The third-order valence-electron chi connectivity index (χ3n) is 3.87. The van der Waals surface area contributed by atoms with E-state index in [2.05, 4.69) is 18.9 Å². The molecule has 0 amide bonds. The van der Waals surface area contributed by atoms with Crippen LogP contribution in [0.3, 0.4) is 0 Å². The number of hydrogen-bond acceptors (Lipinski definition) is 1. The molecule has 0 aliphatic rings. The molecule has 3 aromatic rings. The van der Waals surface area contributed by atoms with Gasteiger partial charge in [-0.3, -0.25) is 0 Å². The fourth-order valence-corrected chi connectivity index (χ4v) is 2.63. The topological polar surface area (TPSA) is 17.8 Å². The number of aryl methyl sites for hydroxylation is 1. The largest absolute Gasteiger partial charge is 0.240 e. The number of hydrogen-bond donors (Lipinski definition) is 0. The lowest BCUT2D eigenvalue weighted by atomic mass is 9.95. The highest BCUT2D eigenvalue weighted by molar-refractivity contribution is 5.67. The second kappa shape index (κ2) is 5.95. The summed E-state index contributed by atoms with van der Waals surface area (Å²) in [7, 11) is 0. The van der Waals surface area contributed by atoms with Crippen LogP contribution in [0.15, 0.2) is 48.7 Å². The number of rotatable bonds is 3. The Morgan fingerprint density at radius 3 is 2.22 bits per heavy atom. The van der Waals surface area contributed by atoms with E-state index in [4.69, 9.17) is 0 Å². The quantitative estimate of drug-likeness (QED) is 0.646. The summed E-state index contributed by atoms with van der Waals surface area (Å²) in [6, 6.07) is 11.8. The predicted molar refractivity (Wildman–Crippen MR) is 87.7 cm³/mol. The molecular weight excluding hydrogens is 294 g/mol. The van der Waals surface area contributed by atoms with Crippen LogP contribution >= 0.6 is 0 Å². The molecular formula is C19H18F2N2. The van der Waals surface area contributed by atoms with Crippen LogP contribution in [0.2, 0.25) is 0 Å². The van der Waals surface area contributed by atoms with E-state index in [1.165, 1.54) is 6.07 Å². The molecule has 0 N–H and O–H groups in total. The van der Waals surface area contributed by atoms with Crippen LogP contribution in [-0.2, 0) is 0 Å². The zero-order valence-corrected chi connectivity index (χ0v) is 13.3. The van der Waals surface area contributed by atoms with Crippen LogP contribution < -0.4 is 0 Å². The van der Waals surface area contributed by atoms with E-state index in [-0.39, 0.29) is 5.92 Å². The molecule has 1 heterocycles. The van der Waals surface area contributed by atoms with Crippen molar-refractivity contribution in [3.63, 3.8) is 0 Å². The van der Waals surface area contributed by atoms with E-state index >= 15 is 0 Å². The zero-order chi connectivity index (χ0) is 16.6. The van der Waals surface area contributed by atoms with Crippen molar-refractivity contribution >= 4 is 0 Å². The molecule has 0 aliphatic heterocycles. The van der Waals surface area contributed by atoms with Gasteiger partial charge in [0.1, 0.15) is 0 Å². The summed E-state index contributed by atoms with van der Waals surface area (Å²) < 4.78 is 28.5. The monoisotopic (exact) mass is 312 g/mol. The summed E-state index contributed by atoms with van der Waals surface area (Å²) >= 11 is 0. The minimum Gasteiger partial charge on any atom is -0.240 e. The van der Waals surface area contributed by atoms with Crippen molar-refractivity contribution in [2.75, 3.05) is 0 Å². The molecule has 4 heteroatoms. The number of aromatic nitrogens is 2. The van der Waals surface area contributed by atoms with E-state index in [0.29, 0.717) is 5.56 Å². The third kappa shape index (κ3) is 3.02. The van der Waals surface area contributed by atoms with Crippen molar-refractivity contribution in [3.05, 3.63) is 71.6 Å². The van der Waals surface area contributed by atoms with Crippen molar-refractivity contribution in [2.24, 2.45) is 0 Å². The fraction of sp³-hybridized carbons (Fsp3) is 0.211. The Labute approximate surface area is 134 Å². The van der Waals surface area contributed by atoms with Crippen LogP contribution in [0.4, 0.5) is 8.78 Å². The van der Waals surface area contributed by atoms with Gasteiger partial charge in [-0.15, -0.1) is 0 Å². The van der Waals surface area contributed by atoms with Gasteiger partial charge in [0.15, 0.2) is 11.6 Å². The standard InChI is InChI=1S/C19H18F2N2/c1-12(2)16-10-14(15-4-6-17(20)18(21)11-15)5-7-19(16)23-9-8-13(3)22-23/h4-12H,1-3H3. The maximum atomic E-state index is 13.5. The van der Waals surface area contributed by atoms with Gasteiger partial charge in [-0.05, 0) is 59.9 Å². The average Bonchev–Trinajstić information content (AvgIpc) is 2.96. The molecule has 1 aromatic heterocycles. The van der Waals surface area contributed by atoms with Crippen LogP contribution in [0, 0.1) is 18.6 Å². The normalized spacial score (nSPS) is 11.2. The van der Waals surface area contributed by atoms with Gasteiger partial charge in [-0.2, -0.15) is 5.10 Å². The second-order valence-electron chi connectivity index (χ2n) is 5.96. The van der Waals surface area contributed by atoms with Crippen LogP contribution in [0.1, 0.15) is 31.0 Å². The molecule has 0 saturated heterocycles. The van der Waals surface area contributed by atoms with Gasteiger partial charge in [0.2, 0.25) is 0 Å². The molecule has 0 spiro atoms. The van der Waals surface area contributed by atoms with Crippen molar-refractivity contribution in [2.45, 2.75) is 26.7 Å². The zero-order valence-electron chi connectivity index (χ0n) is 13.3. The van der Waals surface area contributed by atoms with Crippen LogP contribution in [-0.4, -0.2) is 9.78 Å². The van der Waals surface area contributed by atoms with E-state index in [1.54, 1.807) is 6.07 Å². The van der Waals surface area contributed by atoms with E-state index in [1.807, 2.05) is 42.1 Å². The van der Waals surface area contributed by atoms with Crippen molar-refractivity contribution in [3.8, 4) is 16.8 Å². The molecule has 3 rings (SSSR count). The molecule has 0 unspecified atom stereocenters. The molecule has 118 valence electrons.